The number of hydrogen-bond donors (Lipinski definition) is 3. The van der Waals surface area contributed by atoms with Crippen molar-refractivity contribution < 1.29 is 9.90 Å². The molecule has 1 saturated carbocycles. The Morgan fingerprint density at radius 2 is 2.12 bits per heavy atom. The maximum Gasteiger partial charge on any atom is 0.315 e. The molecule has 1 fully saturated rings. The molecule has 3 N–H and O–H groups in total. The topological polar surface area (TPSA) is 79.2 Å². The van der Waals surface area contributed by atoms with Gasteiger partial charge in [0.2, 0.25) is 0 Å². The molecule has 1 aliphatic carbocycles. The number of nitrogens with one attached hydrogen (secondary N) is 2. The molecule has 1 aliphatic rings. The van der Waals surface area contributed by atoms with E-state index in [1.54, 1.807) is 31.0 Å². The first-order valence-corrected chi connectivity index (χ1v) is 8.74. The van der Waals surface area contributed by atoms with Crippen molar-refractivity contribution in [3.63, 3.8) is 0 Å². The predicted octanol–water partition coefficient (Wildman–Crippen LogP) is 1.95. The lowest BCUT2D eigenvalue weighted by molar-refractivity contribution is 0.0591. The van der Waals surface area contributed by atoms with Gasteiger partial charge < -0.3 is 15.7 Å². The zero-order valence-electron chi connectivity index (χ0n) is 14.8. The van der Waals surface area contributed by atoms with Crippen LogP contribution in [-0.4, -0.2) is 33.5 Å². The second kappa shape index (κ2) is 7.27. The minimum atomic E-state index is -1.15. The summed E-state index contributed by atoms with van der Waals surface area (Å²) in [5.74, 6) is 0.546. The van der Waals surface area contributed by atoms with Gasteiger partial charge in [0.05, 0.1) is 12.7 Å². The summed E-state index contributed by atoms with van der Waals surface area (Å²) in [6, 6.07) is 10.1. The Kier molecular flexibility index (Phi) is 5.08. The van der Waals surface area contributed by atoms with Gasteiger partial charge in [-0.25, -0.2) is 4.79 Å². The van der Waals surface area contributed by atoms with Gasteiger partial charge in [0.1, 0.15) is 5.60 Å². The van der Waals surface area contributed by atoms with E-state index in [9.17, 15) is 9.90 Å². The predicted molar refractivity (Wildman–Crippen MR) is 96.0 cm³/mol. The molecule has 1 aromatic carbocycles. The highest BCUT2D eigenvalue weighted by molar-refractivity contribution is 5.74. The Morgan fingerprint density at radius 3 is 2.72 bits per heavy atom. The molecule has 1 aromatic heterocycles. The fourth-order valence-electron chi connectivity index (χ4n) is 2.98. The van der Waals surface area contributed by atoms with Gasteiger partial charge in [0.25, 0.3) is 0 Å². The third-order valence-corrected chi connectivity index (χ3v) is 4.73. The van der Waals surface area contributed by atoms with Gasteiger partial charge in [-0.3, -0.25) is 4.68 Å². The second-order valence-corrected chi connectivity index (χ2v) is 7.14. The van der Waals surface area contributed by atoms with Crippen LogP contribution in [0.5, 0.6) is 0 Å². The van der Waals surface area contributed by atoms with Crippen LogP contribution in [0.4, 0.5) is 4.79 Å². The van der Waals surface area contributed by atoms with Crippen LogP contribution in [-0.2, 0) is 19.1 Å². The molecule has 0 radical (unpaired) electrons. The highest BCUT2D eigenvalue weighted by Gasteiger charge is 2.33. The summed E-state index contributed by atoms with van der Waals surface area (Å²) in [5.41, 5.74) is 0.750. The summed E-state index contributed by atoms with van der Waals surface area (Å²) in [7, 11) is 1.80. The Hall–Kier alpha value is -2.34. The maximum absolute atomic E-state index is 12.3. The SMILES string of the molecule is Cn1cc([C@@](C)(O)CNC(=O)N[C@@H](Cc2ccccc2)C2CC2)cn1. The van der Waals surface area contributed by atoms with Crippen LogP contribution in [0, 0.1) is 5.92 Å². The number of carbonyl (C=O) groups excluding carboxylic acids is 1. The molecule has 25 heavy (non-hydrogen) atoms. The minimum absolute atomic E-state index is 0.130. The molecule has 0 aliphatic heterocycles. The van der Waals surface area contributed by atoms with E-state index in [0.717, 1.165) is 19.3 Å². The van der Waals surface area contributed by atoms with E-state index in [4.69, 9.17) is 0 Å². The third kappa shape index (κ3) is 4.82. The number of carbonyl (C=O) groups is 1. The number of amides is 2. The van der Waals surface area contributed by atoms with Gasteiger partial charge in [0.15, 0.2) is 0 Å². The number of aromatic nitrogens is 2. The first-order valence-electron chi connectivity index (χ1n) is 8.74. The van der Waals surface area contributed by atoms with Crippen molar-refractivity contribution in [1.29, 1.82) is 0 Å². The summed E-state index contributed by atoms with van der Waals surface area (Å²) in [5, 5.41) is 20.5. The zero-order valence-corrected chi connectivity index (χ0v) is 14.8. The summed E-state index contributed by atoms with van der Waals surface area (Å²) >= 11 is 0. The average Bonchev–Trinajstić information content (AvgIpc) is 3.34. The van der Waals surface area contributed by atoms with Gasteiger partial charge in [-0.2, -0.15) is 5.10 Å². The van der Waals surface area contributed by atoms with Crippen molar-refractivity contribution in [2.24, 2.45) is 13.0 Å². The Bertz CT molecular complexity index is 707. The normalized spacial score (nSPS) is 17.6. The lowest BCUT2D eigenvalue weighted by Gasteiger charge is -2.24. The van der Waals surface area contributed by atoms with Crippen molar-refractivity contribution in [3.8, 4) is 0 Å². The minimum Gasteiger partial charge on any atom is -0.383 e. The van der Waals surface area contributed by atoms with Crippen LogP contribution in [0.2, 0.25) is 0 Å². The van der Waals surface area contributed by atoms with E-state index < -0.39 is 5.60 Å². The number of benzene rings is 1. The van der Waals surface area contributed by atoms with E-state index in [0.29, 0.717) is 11.5 Å². The molecule has 1 heterocycles. The quantitative estimate of drug-likeness (QED) is 0.719. The number of rotatable bonds is 7. The summed E-state index contributed by atoms with van der Waals surface area (Å²) in [4.78, 5) is 12.3. The molecule has 0 unspecified atom stereocenters. The van der Waals surface area contributed by atoms with Gasteiger partial charge in [0, 0.05) is 24.8 Å². The van der Waals surface area contributed by atoms with Crippen LogP contribution in [0.3, 0.4) is 0 Å². The molecular formula is C19H26N4O2. The van der Waals surface area contributed by atoms with Crippen LogP contribution < -0.4 is 10.6 Å². The molecule has 134 valence electrons. The van der Waals surface area contributed by atoms with E-state index >= 15 is 0 Å². The van der Waals surface area contributed by atoms with E-state index in [2.05, 4.69) is 27.9 Å². The van der Waals surface area contributed by atoms with Crippen LogP contribution in [0.1, 0.15) is 30.9 Å². The first-order chi connectivity index (χ1) is 11.9. The Balaban J connectivity index is 1.53. The largest absolute Gasteiger partial charge is 0.383 e. The molecule has 6 heteroatoms. The van der Waals surface area contributed by atoms with E-state index in [1.165, 1.54) is 5.56 Å². The summed E-state index contributed by atoms with van der Waals surface area (Å²) in [6.45, 7) is 1.81. The summed E-state index contributed by atoms with van der Waals surface area (Å²) in [6.07, 6.45) is 6.51. The van der Waals surface area contributed by atoms with Crippen molar-refractivity contribution in [3.05, 3.63) is 53.9 Å². The number of aryl methyl sites for hydroxylation is 1. The molecule has 3 rings (SSSR count). The fraction of sp³-hybridized carbons (Fsp3) is 0.474. The average molecular weight is 342 g/mol. The zero-order chi connectivity index (χ0) is 17.9. The number of urea groups is 1. The molecular weight excluding hydrogens is 316 g/mol. The maximum atomic E-state index is 12.3. The first kappa shape index (κ1) is 17.5. The van der Waals surface area contributed by atoms with Gasteiger partial charge >= 0.3 is 6.03 Å². The molecule has 2 atom stereocenters. The monoisotopic (exact) mass is 342 g/mol. The van der Waals surface area contributed by atoms with E-state index in [-0.39, 0.29) is 18.6 Å². The smallest absolute Gasteiger partial charge is 0.315 e. The van der Waals surface area contributed by atoms with Gasteiger partial charge in [-0.1, -0.05) is 30.3 Å². The third-order valence-electron chi connectivity index (χ3n) is 4.73. The van der Waals surface area contributed by atoms with Gasteiger partial charge in [-0.05, 0) is 37.7 Å². The molecule has 2 aromatic rings. The fourth-order valence-corrected chi connectivity index (χ4v) is 2.98. The second-order valence-electron chi connectivity index (χ2n) is 7.14. The Morgan fingerprint density at radius 1 is 1.40 bits per heavy atom. The van der Waals surface area contributed by atoms with Crippen molar-refractivity contribution >= 4 is 6.03 Å². The van der Waals surface area contributed by atoms with E-state index in [1.807, 2.05) is 18.2 Å². The van der Waals surface area contributed by atoms with Crippen LogP contribution in [0.25, 0.3) is 0 Å². The standard InChI is InChI=1S/C19H26N4O2/c1-19(25,16-11-21-23(2)12-16)13-20-18(24)22-17(15-8-9-15)10-14-6-4-3-5-7-14/h3-7,11-12,15,17,25H,8-10,13H2,1-2H3,(H2,20,22,24)/t17-,19-/m0/s1. The molecule has 0 spiro atoms. The lowest BCUT2D eigenvalue weighted by atomic mass is 10.00. The molecule has 0 bridgehead atoms. The van der Waals surface area contributed by atoms with Crippen LogP contribution >= 0.6 is 0 Å². The molecule has 6 nitrogen and oxygen atoms in total. The van der Waals surface area contributed by atoms with Gasteiger partial charge in [-0.15, -0.1) is 0 Å². The summed E-state index contributed by atoms with van der Waals surface area (Å²) < 4.78 is 1.63. The number of aliphatic hydroxyl groups is 1. The number of hydrogen-bond acceptors (Lipinski definition) is 3. The van der Waals surface area contributed by atoms with Crippen LogP contribution in [0.15, 0.2) is 42.7 Å². The lowest BCUT2D eigenvalue weighted by Crippen LogP contribution is -2.48. The molecule has 0 saturated heterocycles. The van der Waals surface area contributed by atoms with Crippen molar-refractivity contribution in [1.82, 2.24) is 20.4 Å². The Labute approximate surface area is 148 Å². The molecule has 2 amide bonds. The number of nitrogens with zero attached hydrogens (tertiary/aromatic N) is 2. The highest BCUT2D eigenvalue weighted by Crippen LogP contribution is 2.34. The van der Waals surface area contributed by atoms with Crippen molar-refractivity contribution in [2.75, 3.05) is 6.54 Å². The van der Waals surface area contributed by atoms with Crippen molar-refractivity contribution in [2.45, 2.75) is 37.8 Å². The highest BCUT2D eigenvalue weighted by atomic mass is 16.3.